The summed E-state index contributed by atoms with van der Waals surface area (Å²) >= 11 is 6.11. The number of anilines is 1. The molecule has 2 aromatic heterocycles. The van der Waals surface area contributed by atoms with Gasteiger partial charge in [-0.2, -0.15) is 10.2 Å². The highest BCUT2D eigenvalue weighted by atomic mass is 35.5. The minimum Gasteiger partial charge on any atom is -0.321 e. The van der Waals surface area contributed by atoms with Crippen LogP contribution in [0, 0.1) is 29.8 Å². The maximum absolute atomic E-state index is 13.3. The number of hydrogen-bond donors (Lipinski definition) is 1. The zero-order valence-electron chi connectivity index (χ0n) is 16.6. The summed E-state index contributed by atoms with van der Waals surface area (Å²) in [5, 5.41) is 22.4. The van der Waals surface area contributed by atoms with Crippen molar-refractivity contribution in [2.24, 2.45) is 0 Å². The minimum atomic E-state index is -0.715. The van der Waals surface area contributed by atoms with Gasteiger partial charge < -0.3 is 5.32 Å². The monoisotopic (exact) mass is 434 g/mol. The van der Waals surface area contributed by atoms with Gasteiger partial charge in [-0.1, -0.05) is 24.6 Å². The number of rotatable bonds is 7. The molecule has 1 aromatic carbocycles. The van der Waals surface area contributed by atoms with Crippen LogP contribution in [-0.4, -0.2) is 30.4 Å². The standard InChI is InChI=1S/C19H20ClFN6O3/c1-4-17(26-10-15(8-22-26)27(29)30)19(28)23-18-11(2)24-25(12(18)3)9-13-5-6-14(21)7-16(13)20/h5-8,10,17H,4,9H2,1-3H3,(H,23,28). The summed E-state index contributed by atoms with van der Waals surface area (Å²) in [5.41, 5.74) is 2.34. The number of aryl methyl sites for hydroxylation is 1. The molecule has 11 heteroatoms. The van der Waals surface area contributed by atoms with Crippen LogP contribution < -0.4 is 5.32 Å². The van der Waals surface area contributed by atoms with E-state index in [2.05, 4.69) is 15.5 Å². The van der Waals surface area contributed by atoms with Crippen LogP contribution in [0.25, 0.3) is 0 Å². The van der Waals surface area contributed by atoms with E-state index in [4.69, 9.17) is 11.6 Å². The Kier molecular flexibility index (Phi) is 6.16. The Bertz CT molecular complexity index is 1110. The summed E-state index contributed by atoms with van der Waals surface area (Å²) in [7, 11) is 0. The second-order valence-corrected chi connectivity index (χ2v) is 7.20. The van der Waals surface area contributed by atoms with Crippen molar-refractivity contribution in [3.05, 3.63) is 68.5 Å². The molecule has 1 amide bonds. The van der Waals surface area contributed by atoms with Gasteiger partial charge in [0, 0.05) is 5.02 Å². The molecule has 158 valence electrons. The van der Waals surface area contributed by atoms with Crippen LogP contribution in [0.3, 0.4) is 0 Å². The Morgan fingerprint density at radius 2 is 2.13 bits per heavy atom. The zero-order chi connectivity index (χ0) is 22.0. The van der Waals surface area contributed by atoms with Crippen LogP contribution in [-0.2, 0) is 11.3 Å². The Balaban J connectivity index is 1.81. The maximum atomic E-state index is 13.3. The number of halogens is 2. The maximum Gasteiger partial charge on any atom is 0.307 e. The van der Waals surface area contributed by atoms with Gasteiger partial charge in [0.1, 0.15) is 24.3 Å². The molecule has 9 nitrogen and oxygen atoms in total. The molecule has 3 rings (SSSR count). The average Bonchev–Trinajstić information content (AvgIpc) is 3.26. The van der Waals surface area contributed by atoms with Crippen molar-refractivity contribution in [1.82, 2.24) is 19.6 Å². The van der Waals surface area contributed by atoms with Gasteiger partial charge in [-0.25, -0.2) is 4.39 Å². The Labute approximate surface area is 176 Å². The van der Waals surface area contributed by atoms with Crippen LogP contribution in [0.15, 0.2) is 30.6 Å². The third kappa shape index (κ3) is 4.33. The predicted octanol–water partition coefficient (Wildman–Crippen LogP) is 4.04. The second-order valence-electron chi connectivity index (χ2n) is 6.79. The molecule has 1 atom stereocenters. The Hall–Kier alpha value is -3.27. The predicted molar refractivity (Wildman–Crippen MR) is 109 cm³/mol. The molecule has 0 radical (unpaired) electrons. The normalized spacial score (nSPS) is 12.0. The van der Waals surface area contributed by atoms with E-state index in [1.165, 1.54) is 23.0 Å². The van der Waals surface area contributed by atoms with Crippen molar-refractivity contribution in [2.45, 2.75) is 39.8 Å². The van der Waals surface area contributed by atoms with E-state index < -0.39 is 16.8 Å². The largest absolute Gasteiger partial charge is 0.321 e. The number of benzene rings is 1. The molecule has 30 heavy (non-hydrogen) atoms. The first-order chi connectivity index (χ1) is 14.2. The van der Waals surface area contributed by atoms with E-state index in [0.717, 1.165) is 6.20 Å². The lowest BCUT2D eigenvalue weighted by Gasteiger charge is -2.15. The number of carbonyl (C=O) groups excluding carboxylic acids is 1. The number of hydrogen-bond acceptors (Lipinski definition) is 5. The lowest BCUT2D eigenvalue weighted by Crippen LogP contribution is -2.26. The highest BCUT2D eigenvalue weighted by molar-refractivity contribution is 6.31. The minimum absolute atomic E-state index is 0.183. The number of nitro groups is 1. The van der Waals surface area contributed by atoms with E-state index in [1.807, 2.05) is 0 Å². The topological polar surface area (TPSA) is 108 Å². The van der Waals surface area contributed by atoms with Gasteiger partial charge in [-0.3, -0.25) is 24.3 Å². The fourth-order valence-electron chi connectivity index (χ4n) is 3.13. The third-order valence-corrected chi connectivity index (χ3v) is 5.12. The first-order valence-corrected chi connectivity index (χ1v) is 9.56. The van der Waals surface area contributed by atoms with Gasteiger partial charge in [0.15, 0.2) is 0 Å². The van der Waals surface area contributed by atoms with E-state index in [1.54, 1.807) is 31.5 Å². The van der Waals surface area contributed by atoms with E-state index in [9.17, 15) is 19.3 Å². The molecule has 0 saturated heterocycles. The van der Waals surface area contributed by atoms with Gasteiger partial charge in [0.2, 0.25) is 5.91 Å². The summed E-state index contributed by atoms with van der Waals surface area (Å²) in [6.07, 6.45) is 2.73. The number of nitrogens with zero attached hydrogens (tertiary/aromatic N) is 5. The number of carbonyl (C=O) groups is 1. The molecule has 1 unspecified atom stereocenters. The molecule has 3 aromatic rings. The van der Waals surface area contributed by atoms with Crippen LogP contribution in [0.2, 0.25) is 5.02 Å². The second kappa shape index (κ2) is 8.62. The fourth-order valence-corrected chi connectivity index (χ4v) is 3.36. The molecule has 0 aliphatic heterocycles. The molecule has 0 bridgehead atoms. The third-order valence-electron chi connectivity index (χ3n) is 4.77. The summed E-state index contributed by atoms with van der Waals surface area (Å²) in [6.45, 7) is 5.65. The molecule has 0 fully saturated rings. The van der Waals surface area contributed by atoms with Crippen molar-refractivity contribution < 1.29 is 14.1 Å². The number of amides is 1. The quantitative estimate of drug-likeness (QED) is 0.446. The summed E-state index contributed by atoms with van der Waals surface area (Å²) in [4.78, 5) is 23.2. The van der Waals surface area contributed by atoms with Crippen molar-refractivity contribution in [3.8, 4) is 0 Å². The first kappa shape index (κ1) is 21.4. The summed E-state index contributed by atoms with van der Waals surface area (Å²) < 4.78 is 16.2. The molecular weight excluding hydrogens is 415 g/mol. The highest BCUT2D eigenvalue weighted by Crippen LogP contribution is 2.25. The van der Waals surface area contributed by atoms with Crippen LogP contribution in [0.4, 0.5) is 15.8 Å². The lowest BCUT2D eigenvalue weighted by atomic mass is 10.2. The first-order valence-electron chi connectivity index (χ1n) is 9.18. The molecule has 1 N–H and O–H groups in total. The van der Waals surface area contributed by atoms with E-state index in [-0.39, 0.29) is 11.6 Å². The summed E-state index contributed by atoms with van der Waals surface area (Å²) in [5.74, 6) is -0.782. The fraction of sp³-hybridized carbons (Fsp3) is 0.316. The SMILES string of the molecule is CCC(C(=O)Nc1c(C)nn(Cc2ccc(F)cc2Cl)c1C)n1cc([N+](=O)[O-])cn1. The van der Waals surface area contributed by atoms with Crippen LogP contribution >= 0.6 is 11.6 Å². The van der Waals surface area contributed by atoms with Gasteiger partial charge in [-0.05, 0) is 38.0 Å². The van der Waals surface area contributed by atoms with E-state index in [0.29, 0.717) is 40.6 Å². The number of aromatic nitrogens is 4. The molecule has 0 saturated carbocycles. The van der Waals surface area contributed by atoms with Crippen LogP contribution in [0.5, 0.6) is 0 Å². The smallest absolute Gasteiger partial charge is 0.307 e. The zero-order valence-corrected chi connectivity index (χ0v) is 17.4. The summed E-state index contributed by atoms with van der Waals surface area (Å²) in [6, 6.07) is 3.43. The number of nitrogens with one attached hydrogen (secondary N) is 1. The molecule has 0 aliphatic carbocycles. The van der Waals surface area contributed by atoms with Gasteiger partial charge in [-0.15, -0.1) is 0 Å². The molecule has 2 heterocycles. The lowest BCUT2D eigenvalue weighted by molar-refractivity contribution is -0.385. The highest BCUT2D eigenvalue weighted by Gasteiger charge is 2.24. The van der Waals surface area contributed by atoms with Crippen molar-refractivity contribution in [1.29, 1.82) is 0 Å². The average molecular weight is 435 g/mol. The van der Waals surface area contributed by atoms with Gasteiger partial charge in [0.05, 0.1) is 28.5 Å². The van der Waals surface area contributed by atoms with Crippen LogP contribution in [0.1, 0.15) is 36.3 Å². The van der Waals surface area contributed by atoms with Crippen molar-refractivity contribution in [3.63, 3.8) is 0 Å². The van der Waals surface area contributed by atoms with Crippen molar-refractivity contribution in [2.75, 3.05) is 5.32 Å². The van der Waals surface area contributed by atoms with Crippen molar-refractivity contribution >= 4 is 28.9 Å². The molecule has 0 spiro atoms. The van der Waals surface area contributed by atoms with E-state index >= 15 is 0 Å². The Morgan fingerprint density at radius 1 is 1.40 bits per heavy atom. The van der Waals surface area contributed by atoms with Gasteiger partial charge >= 0.3 is 5.69 Å². The Morgan fingerprint density at radius 3 is 2.73 bits per heavy atom. The van der Waals surface area contributed by atoms with Gasteiger partial charge in [0.25, 0.3) is 0 Å². The molecular formula is C19H20ClFN6O3. The molecule has 0 aliphatic rings.